The highest BCUT2D eigenvalue weighted by atomic mass is 16.5. The van der Waals surface area contributed by atoms with Crippen LogP contribution in [0, 0.1) is 0 Å². The summed E-state index contributed by atoms with van der Waals surface area (Å²) in [7, 11) is 0. The number of ether oxygens (including phenoxy) is 1. The standard InChI is InChI=1S/C10H19N3O4/c1-6-5-17-8(4-14)3-13(6)7(2)9(15)12-10(11)16/h6-8,14H,3-5H2,1-2H3,(H3,11,12,15,16). The van der Waals surface area contributed by atoms with E-state index in [1.807, 2.05) is 17.1 Å². The number of carbonyl (C=O) groups is 2. The number of hydrogen-bond donors (Lipinski definition) is 3. The van der Waals surface area contributed by atoms with Crippen LogP contribution < -0.4 is 11.1 Å². The zero-order valence-corrected chi connectivity index (χ0v) is 10.0. The lowest BCUT2D eigenvalue weighted by Crippen LogP contribution is -2.57. The minimum atomic E-state index is -0.860. The van der Waals surface area contributed by atoms with Crippen LogP contribution in [0.3, 0.4) is 0 Å². The van der Waals surface area contributed by atoms with Gasteiger partial charge in [-0.15, -0.1) is 0 Å². The highest BCUT2D eigenvalue weighted by Crippen LogP contribution is 2.14. The Bertz CT molecular complexity index is 297. The Morgan fingerprint density at radius 1 is 1.65 bits per heavy atom. The molecular formula is C10H19N3O4. The van der Waals surface area contributed by atoms with Gasteiger partial charge in [0.05, 0.1) is 25.4 Å². The van der Waals surface area contributed by atoms with E-state index in [2.05, 4.69) is 0 Å². The maximum atomic E-state index is 11.6. The molecule has 0 aliphatic carbocycles. The zero-order valence-electron chi connectivity index (χ0n) is 10.0. The van der Waals surface area contributed by atoms with Crippen LogP contribution in [-0.2, 0) is 9.53 Å². The highest BCUT2D eigenvalue weighted by Gasteiger charge is 2.32. The number of primary amides is 1. The number of morpholine rings is 1. The number of amides is 3. The third kappa shape index (κ3) is 3.65. The van der Waals surface area contributed by atoms with Crippen LogP contribution in [0.1, 0.15) is 13.8 Å². The fourth-order valence-corrected chi connectivity index (χ4v) is 1.87. The molecule has 0 bridgehead atoms. The van der Waals surface area contributed by atoms with Crippen molar-refractivity contribution in [2.75, 3.05) is 19.8 Å². The van der Waals surface area contributed by atoms with E-state index in [1.165, 1.54) is 0 Å². The third-order valence-electron chi connectivity index (χ3n) is 2.88. The average molecular weight is 245 g/mol. The van der Waals surface area contributed by atoms with E-state index in [9.17, 15) is 9.59 Å². The topological polar surface area (TPSA) is 105 Å². The summed E-state index contributed by atoms with van der Waals surface area (Å²) in [6, 6.07) is -1.30. The van der Waals surface area contributed by atoms with Gasteiger partial charge in [-0.05, 0) is 13.8 Å². The van der Waals surface area contributed by atoms with Crippen molar-refractivity contribution in [2.24, 2.45) is 5.73 Å². The van der Waals surface area contributed by atoms with Crippen LogP contribution >= 0.6 is 0 Å². The average Bonchev–Trinajstić information content (AvgIpc) is 2.28. The summed E-state index contributed by atoms with van der Waals surface area (Å²) in [5.41, 5.74) is 4.89. The monoisotopic (exact) mass is 245 g/mol. The van der Waals surface area contributed by atoms with E-state index in [4.69, 9.17) is 15.6 Å². The number of nitrogens with one attached hydrogen (secondary N) is 1. The first-order valence-electron chi connectivity index (χ1n) is 5.54. The molecule has 0 aromatic carbocycles. The van der Waals surface area contributed by atoms with Gasteiger partial charge in [0.2, 0.25) is 5.91 Å². The van der Waals surface area contributed by atoms with Gasteiger partial charge in [0, 0.05) is 12.6 Å². The van der Waals surface area contributed by atoms with Crippen molar-refractivity contribution >= 4 is 11.9 Å². The van der Waals surface area contributed by atoms with Gasteiger partial charge in [-0.3, -0.25) is 15.0 Å². The summed E-state index contributed by atoms with van der Waals surface area (Å²) < 4.78 is 5.37. The van der Waals surface area contributed by atoms with Crippen molar-refractivity contribution in [1.82, 2.24) is 10.2 Å². The molecular weight excluding hydrogens is 226 g/mol. The van der Waals surface area contributed by atoms with Crippen LogP contribution in [0.15, 0.2) is 0 Å². The van der Waals surface area contributed by atoms with Gasteiger partial charge in [0.1, 0.15) is 0 Å². The molecule has 98 valence electrons. The molecule has 3 unspecified atom stereocenters. The molecule has 1 rings (SSSR count). The van der Waals surface area contributed by atoms with Crippen molar-refractivity contribution in [3.05, 3.63) is 0 Å². The molecule has 1 fully saturated rings. The highest BCUT2D eigenvalue weighted by molar-refractivity contribution is 5.96. The SMILES string of the molecule is CC1COC(CO)CN1C(C)C(=O)NC(N)=O. The molecule has 4 N–H and O–H groups in total. The molecule has 1 aliphatic heterocycles. The van der Waals surface area contributed by atoms with Gasteiger partial charge in [0.15, 0.2) is 0 Å². The minimum Gasteiger partial charge on any atom is -0.394 e. The maximum absolute atomic E-state index is 11.6. The first kappa shape index (κ1) is 13.9. The Morgan fingerprint density at radius 2 is 2.29 bits per heavy atom. The molecule has 0 spiro atoms. The quantitative estimate of drug-likeness (QED) is 0.570. The molecule has 17 heavy (non-hydrogen) atoms. The predicted molar refractivity (Wildman–Crippen MR) is 60.2 cm³/mol. The van der Waals surface area contributed by atoms with E-state index in [0.717, 1.165) is 0 Å². The number of hydrogen-bond acceptors (Lipinski definition) is 5. The van der Waals surface area contributed by atoms with Gasteiger partial charge < -0.3 is 15.6 Å². The number of imide groups is 1. The molecule has 1 aliphatic rings. The van der Waals surface area contributed by atoms with Crippen LogP contribution in [-0.4, -0.2) is 59.9 Å². The molecule has 0 aromatic rings. The maximum Gasteiger partial charge on any atom is 0.318 e. The van der Waals surface area contributed by atoms with E-state index < -0.39 is 18.0 Å². The van der Waals surface area contributed by atoms with Gasteiger partial charge in [-0.2, -0.15) is 0 Å². The molecule has 7 nitrogen and oxygen atoms in total. The minimum absolute atomic E-state index is 0.0476. The number of nitrogens with two attached hydrogens (primary N) is 1. The summed E-state index contributed by atoms with van der Waals surface area (Å²) in [6.07, 6.45) is -0.296. The third-order valence-corrected chi connectivity index (χ3v) is 2.88. The van der Waals surface area contributed by atoms with Gasteiger partial charge in [-0.25, -0.2) is 4.79 Å². The lowest BCUT2D eigenvalue weighted by atomic mass is 10.1. The normalized spacial score (nSPS) is 27.5. The Hall–Kier alpha value is -1.18. The number of carbonyl (C=O) groups excluding carboxylic acids is 2. The molecule has 3 atom stereocenters. The molecule has 0 saturated carbocycles. The molecule has 0 radical (unpaired) electrons. The number of aliphatic hydroxyl groups excluding tert-OH is 1. The number of nitrogens with zero attached hydrogens (tertiary/aromatic N) is 1. The van der Waals surface area contributed by atoms with Crippen molar-refractivity contribution in [3.8, 4) is 0 Å². The second-order valence-electron chi connectivity index (χ2n) is 4.21. The van der Waals surface area contributed by atoms with Gasteiger partial charge >= 0.3 is 6.03 Å². The Labute approximate surface area is 99.9 Å². The molecule has 1 saturated heterocycles. The van der Waals surface area contributed by atoms with Gasteiger partial charge in [0.25, 0.3) is 0 Å². The molecule has 3 amide bonds. The van der Waals surface area contributed by atoms with Crippen molar-refractivity contribution in [2.45, 2.75) is 32.0 Å². The Kier molecular flexibility index (Phi) is 4.86. The van der Waals surface area contributed by atoms with Crippen molar-refractivity contribution < 1.29 is 19.4 Å². The summed E-state index contributed by atoms with van der Waals surface area (Å²) in [4.78, 5) is 24.1. The van der Waals surface area contributed by atoms with Crippen LogP contribution in [0.2, 0.25) is 0 Å². The van der Waals surface area contributed by atoms with E-state index in [0.29, 0.717) is 13.2 Å². The summed E-state index contributed by atoms with van der Waals surface area (Å²) in [5.74, 6) is -0.442. The first-order valence-corrected chi connectivity index (χ1v) is 5.54. The van der Waals surface area contributed by atoms with E-state index >= 15 is 0 Å². The first-order chi connectivity index (χ1) is 7.95. The summed E-state index contributed by atoms with van der Waals surface area (Å²) in [6.45, 7) is 4.41. The van der Waals surface area contributed by atoms with Crippen LogP contribution in [0.25, 0.3) is 0 Å². The van der Waals surface area contributed by atoms with Gasteiger partial charge in [-0.1, -0.05) is 0 Å². The molecule has 7 heteroatoms. The summed E-state index contributed by atoms with van der Waals surface area (Å²) in [5, 5.41) is 11.1. The number of urea groups is 1. The fourth-order valence-electron chi connectivity index (χ4n) is 1.87. The lowest BCUT2D eigenvalue weighted by Gasteiger charge is -2.40. The van der Waals surface area contributed by atoms with E-state index in [1.54, 1.807) is 6.92 Å². The second-order valence-corrected chi connectivity index (χ2v) is 4.21. The number of aliphatic hydroxyl groups is 1. The molecule has 0 aromatic heterocycles. The Morgan fingerprint density at radius 3 is 2.82 bits per heavy atom. The van der Waals surface area contributed by atoms with Crippen LogP contribution in [0.4, 0.5) is 4.79 Å². The van der Waals surface area contributed by atoms with E-state index in [-0.39, 0.29) is 18.8 Å². The van der Waals surface area contributed by atoms with Crippen molar-refractivity contribution in [3.63, 3.8) is 0 Å². The lowest BCUT2D eigenvalue weighted by molar-refractivity contribution is -0.133. The molecule has 1 heterocycles. The number of rotatable bonds is 3. The predicted octanol–water partition coefficient (Wildman–Crippen LogP) is -1.35. The fraction of sp³-hybridized carbons (Fsp3) is 0.800. The van der Waals surface area contributed by atoms with Crippen LogP contribution in [0.5, 0.6) is 0 Å². The summed E-state index contributed by atoms with van der Waals surface area (Å²) >= 11 is 0. The largest absolute Gasteiger partial charge is 0.394 e. The smallest absolute Gasteiger partial charge is 0.318 e. The Balaban J connectivity index is 2.62. The second kappa shape index (κ2) is 5.95. The van der Waals surface area contributed by atoms with Crippen molar-refractivity contribution in [1.29, 1.82) is 0 Å². The zero-order chi connectivity index (χ0) is 13.0.